The number of amides is 1. The zero-order valence-electron chi connectivity index (χ0n) is 17.4. The van der Waals surface area contributed by atoms with Gasteiger partial charge < -0.3 is 29.3 Å². The summed E-state index contributed by atoms with van der Waals surface area (Å²) in [5, 5.41) is 27.1. The van der Waals surface area contributed by atoms with Crippen molar-refractivity contribution in [3.05, 3.63) is 53.2 Å². The molecule has 0 saturated heterocycles. The molecule has 0 aliphatic carbocycles. The minimum absolute atomic E-state index is 0.0495. The number of H-pyrrole nitrogens is 1. The van der Waals surface area contributed by atoms with Crippen LogP contribution in [0.15, 0.2) is 36.4 Å². The van der Waals surface area contributed by atoms with Crippen molar-refractivity contribution >= 4 is 5.91 Å². The van der Waals surface area contributed by atoms with E-state index in [1.165, 1.54) is 21.3 Å². The number of aromatic hydroxyl groups is 1. The lowest BCUT2D eigenvalue weighted by atomic mass is 9.95. The summed E-state index contributed by atoms with van der Waals surface area (Å²) in [6.45, 7) is -0.0980. The Bertz CT molecular complexity index is 1100. The van der Waals surface area contributed by atoms with Crippen LogP contribution in [0.4, 0.5) is 0 Å². The van der Waals surface area contributed by atoms with E-state index < -0.39 is 6.04 Å². The molecule has 1 unspecified atom stereocenters. The Kier molecular flexibility index (Phi) is 5.43. The van der Waals surface area contributed by atoms with E-state index in [1.54, 1.807) is 41.3 Å². The van der Waals surface area contributed by atoms with E-state index in [0.717, 1.165) is 0 Å². The monoisotopic (exact) mass is 425 g/mol. The van der Waals surface area contributed by atoms with Gasteiger partial charge in [0.25, 0.3) is 5.91 Å². The van der Waals surface area contributed by atoms with Crippen molar-refractivity contribution in [2.75, 3.05) is 34.5 Å². The third kappa shape index (κ3) is 3.23. The molecule has 0 radical (unpaired) electrons. The number of ether oxygens (including phenoxy) is 3. The molecule has 0 bridgehead atoms. The summed E-state index contributed by atoms with van der Waals surface area (Å²) in [5.41, 5.74) is 2.56. The maximum absolute atomic E-state index is 13.1. The predicted molar refractivity (Wildman–Crippen MR) is 112 cm³/mol. The molecular formula is C22H23N3O6. The summed E-state index contributed by atoms with van der Waals surface area (Å²) in [6, 6.07) is 9.74. The number of aromatic nitrogens is 2. The van der Waals surface area contributed by atoms with Crippen LogP contribution in [0.3, 0.4) is 0 Å². The van der Waals surface area contributed by atoms with Crippen molar-refractivity contribution in [3.63, 3.8) is 0 Å². The zero-order chi connectivity index (χ0) is 22.1. The van der Waals surface area contributed by atoms with Gasteiger partial charge in [-0.15, -0.1) is 0 Å². The van der Waals surface area contributed by atoms with Crippen molar-refractivity contribution in [3.8, 4) is 34.3 Å². The third-order valence-corrected chi connectivity index (χ3v) is 5.37. The molecule has 3 N–H and O–H groups in total. The Morgan fingerprint density at radius 3 is 2.35 bits per heavy atom. The molecule has 9 heteroatoms. The number of β-amino-alcohol motifs (C(OH)–C–C–N with tert-alkyl or cyclic N) is 1. The zero-order valence-corrected chi connectivity index (χ0v) is 17.4. The van der Waals surface area contributed by atoms with Crippen LogP contribution in [-0.4, -0.2) is 65.7 Å². The van der Waals surface area contributed by atoms with Crippen LogP contribution in [-0.2, 0) is 0 Å². The highest BCUT2D eigenvalue weighted by Crippen LogP contribution is 2.47. The predicted octanol–water partition coefficient (Wildman–Crippen LogP) is 2.35. The number of aromatic amines is 1. The molecule has 9 nitrogen and oxygen atoms in total. The molecular weight excluding hydrogens is 402 g/mol. The minimum atomic E-state index is -0.586. The number of aliphatic hydroxyl groups is 1. The van der Waals surface area contributed by atoms with Crippen LogP contribution in [0.1, 0.15) is 27.7 Å². The fourth-order valence-electron chi connectivity index (χ4n) is 4.02. The van der Waals surface area contributed by atoms with Gasteiger partial charge in [0.2, 0.25) is 5.75 Å². The number of carbonyl (C=O) groups excluding carboxylic acids is 1. The standard InChI is InChI=1S/C22H23N3O6/c1-29-15-10-12(11-16(30-2)21(15)31-3)20-17-18(13-6-4-5-7-14(13)27)23-24-19(17)22(28)25(20)8-9-26/h4-7,10-11,20,26-27H,8-9H2,1-3H3,(H,23,24). The van der Waals surface area contributed by atoms with E-state index in [9.17, 15) is 15.0 Å². The average molecular weight is 425 g/mol. The number of carbonyl (C=O) groups is 1. The Morgan fingerprint density at radius 2 is 1.77 bits per heavy atom. The Labute approximate surface area is 178 Å². The maximum Gasteiger partial charge on any atom is 0.273 e. The molecule has 2 heterocycles. The minimum Gasteiger partial charge on any atom is -0.507 e. The Hall–Kier alpha value is -3.72. The van der Waals surface area contributed by atoms with Crippen LogP contribution in [0, 0.1) is 0 Å². The second kappa shape index (κ2) is 8.19. The van der Waals surface area contributed by atoms with E-state index in [0.29, 0.717) is 45.3 Å². The molecule has 0 fully saturated rings. The first-order chi connectivity index (χ1) is 15.0. The number of methoxy groups -OCH3 is 3. The fraction of sp³-hybridized carbons (Fsp3) is 0.273. The number of hydrogen-bond donors (Lipinski definition) is 3. The van der Waals surface area contributed by atoms with Crippen molar-refractivity contribution in [1.29, 1.82) is 0 Å². The number of hydrogen-bond acceptors (Lipinski definition) is 7. The molecule has 162 valence electrons. The largest absolute Gasteiger partial charge is 0.507 e. The topological polar surface area (TPSA) is 117 Å². The van der Waals surface area contributed by atoms with Gasteiger partial charge in [-0.3, -0.25) is 9.89 Å². The molecule has 0 spiro atoms. The smallest absolute Gasteiger partial charge is 0.273 e. The first-order valence-corrected chi connectivity index (χ1v) is 9.64. The van der Waals surface area contributed by atoms with E-state index in [1.807, 2.05) is 0 Å². The van der Waals surface area contributed by atoms with Gasteiger partial charge in [0.1, 0.15) is 17.1 Å². The molecule has 3 aromatic rings. The van der Waals surface area contributed by atoms with E-state index in [4.69, 9.17) is 14.2 Å². The van der Waals surface area contributed by atoms with E-state index in [2.05, 4.69) is 10.2 Å². The summed E-state index contributed by atoms with van der Waals surface area (Å²) in [6.07, 6.45) is 0. The molecule has 4 rings (SSSR count). The number of para-hydroxylation sites is 1. The highest BCUT2D eigenvalue weighted by Gasteiger charge is 2.42. The van der Waals surface area contributed by atoms with Gasteiger partial charge in [-0.1, -0.05) is 12.1 Å². The van der Waals surface area contributed by atoms with Gasteiger partial charge in [0, 0.05) is 17.7 Å². The van der Waals surface area contributed by atoms with Crippen LogP contribution >= 0.6 is 0 Å². The Balaban J connectivity index is 1.95. The Morgan fingerprint density at radius 1 is 1.10 bits per heavy atom. The molecule has 1 atom stereocenters. The molecule has 1 amide bonds. The molecule has 0 saturated carbocycles. The van der Waals surface area contributed by atoms with Crippen molar-refractivity contribution in [1.82, 2.24) is 15.1 Å². The second-order valence-corrected chi connectivity index (χ2v) is 6.96. The number of phenols is 1. The van der Waals surface area contributed by atoms with Gasteiger partial charge in [-0.25, -0.2) is 0 Å². The normalized spacial score (nSPS) is 15.2. The molecule has 2 aromatic carbocycles. The summed E-state index contributed by atoms with van der Waals surface area (Å²) in [7, 11) is 4.55. The van der Waals surface area contributed by atoms with Crippen LogP contribution in [0.5, 0.6) is 23.0 Å². The summed E-state index contributed by atoms with van der Waals surface area (Å²) in [4.78, 5) is 14.7. The van der Waals surface area contributed by atoms with Crippen molar-refractivity contribution < 1.29 is 29.2 Å². The first kappa shape index (κ1) is 20.5. The van der Waals surface area contributed by atoms with E-state index in [-0.39, 0.29) is 24.8 Å². The van der Waals surface area contributed by atoms with Gasteiger partial charge in [-0.05, 0) is 29.8 Å². The van der Waals surface area contributed by atoms with Gasteiger partial charge in [0.15, 0.2) is 11.5 Å². The lowest BCUT2D eigenvalue weighted by Crippen LogP contribution is -2.32. The number of nitrogens with one attached hydrogen (secondary N) is 1. The SMILES string of the molecule is COc1cc(C2c3c(-c4ccccc4O)n[nH]c3C(=O)N2CCO)cc(OC)c1OC. The third-order valence-electron chi connectivity index (χ3n) is 5.37. The van der Waals surface area contributed by atoms with Gasteiger partial charge >= 0.3 is 0 Å². The first-order valence-electron chi connectivity index (χ1n) is 9.64. The van der Waals surface area contributed by atoms with Crippen LogP contribution in [0.2, 0.25) is 0 Å². The molecule has 1 aliphatic heterocycles. The maximum atomic E-state index is 13.1. The van der Waals surface area contributed by atoms with Crippen LogP contribution < -0.4 is 14.2 Å². The lowest BCUT2D eigenvalue weighted by molar-refractivity contribution is 0.0706. The second-order valence-electron chi connectivity index (χ2n) is 6.96. The lowest BCUT2D eigenvalue weighted by Gasteiger charge is -2.27. The molecule has 1 aliphatic rings. The number of phenolic OH excluding ortho intramolecular Hbond substituents is 1. The average Bonchev–Trinajstić information content (AvgIpc) is 3.32. The van der Waals surface area contributed by atoms with Gasteiger partial charge in [0.05, 0.1) is 34.0 Å². The number of fused-ring (bicyclic) bond motifs is 1. The molecule has 31 heavy (non-hydrogen) atoms. The summed E-state index contributed by atoms with van der Waals surface area (Å²) >= 11 is 0. The number of nitrogens with zero attached hydrogens (tertiary/aromatic N) is 2. The number of aliphatic hydroxyl groups excluding tert-OH is 1. The fourth-order valence-corrected chi connectivity index (χ4v) is 4.02. The van der Waals surface area contributed by atoms with E-state index >= 15 is 0 Å². The summed E-state index contributed by atoms with van der Waals surface area (Å²) in [5.74, 6) is 1.06. The van der Waals surface area contributed by atoms with Crippen molar-refractivity contribution in [2.45, 2.75) is 6.04 Å². The van der Waals surface area contributed by atoms with Crippen LogP contribution in [0.25, 0.3) is 11.3 Å². The number of benzene rings is 2. The highest BCUT2D eigenvalue weighted by atomic mass is 16.5. The highest BCUT2D eigenvalue weighted by molar-refractivity contribution is 6.00. The number of rotatable bonds is 7. The molecule has 1 aromatic heterocycles. The van der Waals surface area contributed by atoms with Crippen molar-refractivity contribution in [2.24, 2.45) is 0 Å². The summed E-state index contributed by atoms with van der Waals surface area (Å²) < 4.78 is 16.4. The van der Waals surface area contributed by atoms with Gasteiger partial charge in [-0.2, -0.15) is 5.10 Å². The quantitative estimate of drug-likeness (QED) is 0.532.